The van der Waals surface area contributed by atoms with Crippen molar-refractivity contribution in [2.45, 2.75) is 44.0 Å². The lowest BCUT2D eigenvalue weighted by Crippen LogP contribution is -2.39. The van der Waals surface area contributed by atoms with E-state index in [0.717, 1.165) is 5.56 Å². The molecular weight excluding hydrogens is 469 g/mol. The quantitative estimate of drug-likeness (QED) is 0.214. The van der Waals surface area contributed by atoms with E-state index < -0.39 is 55.0 Å². The molecule has 0 radical (unpaired) electrons. The molecule has 186 valence electrons. The van der Waals surface area contributed by atoms with Crippen molar-refractivity contribution in [3.8, 4) is 0 Å². The van der Waals surface area contributed by atoms with Crippen LogP contribution in [-0.4, -0.2) is 69.0 Å². The fraction of sp³-hybridized carbons (Fsp3) is 0.368. The van der Waals surface area contributed by atoms with Crippen LogP contribution < -0.4 is 11.1 Å². The van der Waals surface area contributed by atoms with E-state index >= 15 is 0 Å². The highest BCUT2D eigenvalue weighted by Crippen LogP contribution is 2.19. The Kier molecular flexibility index (Phi) is 9.98. The van der Waals surface area contributed by atoms with Crippen LogP contribution in [-0.2, 0) is 24.0 Å². The number of halogens is 3. The molecule has 0 saturated carbocycles. The molecule has 0 fully saturated rings. The number of rotatable bonds is 9. The minimum Gasteiger partial charge on any atom is -0.481 e. The Morgan fingerprint density at radius 3 is 2.03 bits per heavy atom. The van der Waals surface area contributed by atoms with Gasteiger partial charge in [0, 0.05) is 18.0 Å². The van der Waals surface area contributed by atoms with Crippen LogP contribution in [0.3, 0.4) is 0 Å². The van der Waals surface area contributed by atoms with E-state index in [0.29, 0.717) is 17.7 Å². The molecule has 2 rings (SSSR count). The largest absolute Gasteiger partial charge is 0.490 e. The molecule has 12 nitrogen and oxygen atoms in total. The molecule has 1 aliphatic rings. The minimum atomic E-state index is -5.08. The fourth-order valence-corrected chi connectivity index (χ4v) is 2.64. The van der Waals surface area contributed by atoms with Crippen molar-refractivity contribution in [1.29, 1.82) is 5.41 Å². The Balaban J connectivity index is 0.000000718. The van der Waals surface area contributed by atoms with E-state index in [1.165, 1.54) is 0 Å². The zero-order valence-corrected chi connectivity index (χ0v) is 17.3. The van der Waals surface area contributed by atoms with Crippen molar-refractivity contribution in [3.63, 3.8) is 0 Å². The second-order valence-electron chi connectivity index (χ2n) is 6.93. The summed E-state index contributed by atoms with van der Waals surface area (Å²) in [4.78, 5) is 47.8. The van der Waals surface area contributed by atoms with Gasteiger partial charge in [0.15, 0.2) is 0 Å². The maximum atomic E-state index is 12.1. The summed E-state index contributed by atoms with van der Waals surface area (Å²) < 4.78 is 31.7. The highest BCUT2D eigenvalue weighted by molar-refractivity contribution is 6.02. The monoisotopic (exact) mass is 490 g/mol. The van der Waals surface area contributed by atoms with Crippen molar-refractivity contribution < 1.29 is 52.5 Å². The van der Waals surface area contributed by atoms with Crippen LogP contribution in [0.4, 0.5) is 13.2 Å². The van der Waals surface area contributed by atoms with Gasteiger partial charge in [0.1, 0.15) is 11.9 Å². The Morgan fingerprint density at radius 2 is 1.62 bits per heavy atom. The molecule has 7 N–H and O–H groups in total. The highest BCUT2D eigenvalue weighted by atomic mass is 19.4. The van der Waals surface area contributed by atoms with Crippen LogP contribution in [0.1, 0.15) is 36.8 Å². The zero-order chi connectivity index (χ0) is 26.1. The number of carboxylic acid groups (broad SMARTS) is 3. The van der Waals surface area contributed by atoms with Crippen molar-refractivity contribution >= 4 is 35.4 Å². The summed E-state index contributed by atoms with van der Waals surface area (Å²) in [5.41, 5.74) is 7.40. The van der Waals surface area contributed by atoms with Gasteiger partial charge >= 0.3 is 24.1 Å². The molecule has 1 heterocycles. The lowest BCUT2D eigenvalue weighted by Gasteiger charge is -2.16. The molecule has 0 aromatic heterocycles. The van der Waals surface area contributed by atoms with Crippen molar-refractivity contribution in [2.24, 2.45) is 10.9 Å². The number of carbonyl (C=O) groups excluding carboxylic acids is 1. The molecule has 1 amide bonds. The van der Waals surface area contributed by atoms with Crippen LogP contribution in [0, 0.1) is 5.41 Å². The number of carbonyl (C=O) groups is 4. The van der Waals surface area contributed by atoms with E-state index in [2.05, 4.69) is 10.5 Å². The number of hydrogen-bond donors (Lipinski definition) is 6. The van der Waals surface area contributed by atoms with Crippen molar-refractivity contribution in [2.75, 3.05) is 0 Å². The zero-order valence-electron chi connectivity index (χ0n) is 17.3. The standard InChI is InChI=1S/C17H20N4O6.C2HF3O2/c18-17(19)10-3-1-9(2-4-10)13-7-12(27-21-13)8-14(22)20-11(5-15(23)24)6-16(25)26;3-2(4,5)1(6)7/h1-4,11-12H,5-8H2,(H3,18,19)(H,20,22)(H,23,24)(H,25,26);(H,6,7). The van der Waals surface area contributed by atoms with Gasteiger partial charge < -0.3 is 31.2 Å². The third-order valence-corrected chi connectivity index (χ3v) is 4.12. The first-order chi connectivity index (χ1) is 15.7. The number of amidine groups is 1. The number of nitrogens with one attached hydrogen (secondary N) is 2. The molecule has 0 aliphatic carbocycles. The van der Waals surface area contributed by atoms with Crippen LogP contribution in [0.5, 0.6) is 0 Å². The van der Waals surface area contributed by atoms with Crippen molar-refractivity contribution in [3.05, 3.63) is 35.4 Å². The topological polar surface area (TPSA) is 212 Å². The van der Waals surface area contributed by atoms with Gasteiger partial charge in [0.2, 0.25) is 5.91 Å². The van der Waals surface area contributed by atoms with E-state index in [-0.39, 0.29) is 12.3 Å². The number of nitrogen functional groups attached to an aromatic ring is 1. The smallest absolute Gasteiger partial charge is 0.481 e. The van der Waals surface area contributed by atoms with Gasteiger partial charge in [-0.25, -0.2) is 4.79 Å². The number of aliphatic carboxylic acids is 3. The molecule has 0 bridgehead atoms. The number of nitrogens with zero attached hydrogens (tertiary/aromatic N) is 1. The van der Waals surface area contributed by atoms with E-state index in [9.17, 15) is 27.6 Å². The number of carboxylic acids is 3. The summed E-state index contributed by atoms with van der Waals surface area (Å²) >= 11 is 0. The second kappa shape index (κ2) is 12.2. The van der Waals surface area contributed by atoms with Crippen LogP contribution >= 0.6 is 0 Å². The number of oxime groups is 1. The fourth-order valence-electron chi connectivity index (χ4n) is 2.64. The average molecular weight is 490 g/mol. The molecule has 1 unspecified atom stereocenters. The van der Waals surface area contributed by atoms with E-state index in [1.54, 1.807) is 24.3 Å². The summed E-state index contributed by atoms with van der Waals surface area (Å²) in [6.07, 6.45) is -6.27. The number of benzene rings is 1. The number of nitrogens with two attached hydrogens (primary N) is 1. The molecule has 1 aromatic rings. The maximum absolute atomic E-state index is 12.1. The third-order valence-electron chi connectivity index (χ3n) is 4.12. The predicted octanol–water partition coefficient (Wildman–Crippen LogP) is 0.921. The minimum absolute atomic E-state index is 0.0435. The summed E-state index contributed by atoms with van der Waals surface area (Å²) in [7, 11) is 0. The number of amides is 1. The lowest BCUT2D eigenvalue weighted by molar-refractivity contribution is -0.192. The Bertz CT molecular complexity index is 947. The molecule has 1 atom stereocenters. The molecule has 1 aliphatic heterocycles. The molecule has 0 saturated heterocycles. The third kappa shape index (κ3) is 9.97. The lowest BCUT2D eigenvalue weighted by atomic mass is 10.0. The van der Waals surface area contributed by atoms with Gasteiger partial charge in [0.25, 0.3) is 0 Å². The highest BCUT2D eigenvalue weighted by Gasteiger charge is 2.38. The van der Waals surface area contributed by atoms with Gasteiger partial charge in [-0.1, -0.05) is 29.4 Å². The Labute approximate surface area is 189 Å². The van der Waals surface area contributed by atoms with Gasteiger partial charge in [-0.15, -0.1) is 0 Å². The Hall–Kier alpha value is -4.17. The number of alkyl halides is 3. The molecule has 15 heteroatoms. The SMILES string of the molecule is N=C(N)c1ccc(C2=NOC(CC(=O)NC(CC(=O)O)CC(=O)O)C2)cc1.O=C(O)C(F)(F)F. The average Bonchev–Trinajstić information content (AvgIpc) is 3.15. The Morgan fingerprint density at radius 1 is 1.12 bits per heavy atom. The summed E-state index contributed by atoms with van der Waals surface area (Å²) in [6, 6.07) is 5.87. The first-order valence-corrected chi connectivity index (χ1v) is 9.39. The first kappa shape index (κ1) is 27.9. The summed E-state index contributed by atoms with van der Waals surface area (Å²) in [5.74, 6) is -5.70. The van der Waals surface area contributed by atoms with Gasteiger partial charge in [-0.3, -0.25) is 19.8 Å². The first-order valence-electron chi connectivity index (χ1n) is 9.39. The molecular formula is C19H21F3N4O8. The second-order valence-corrected chi connectivity index (χ2v) is 6.93. The summed E-state index contributed by atoms with van der Waals surface area (Å²) in [6.45, 7) is 0. The normalized spacial score (nSPS) is 14.8. The van der Waals surface area contributed by atoms with E-state index in [1.807, 2.05) is 0 Å². The van der Waals surface area contributed by atoms with E-state index in [4.69, 9.17) is 36.1 Å². The van der Waals surface area contributed by atoms with Gasteiger partial charge in [-0.05, 0) is 5.56 Å². The molecule has 1 aromatic carbocycles. The number of hydrogen-bond acceptors (Lipinski definition) is 7. The maximum Gasteiger partial charge on any atom is 0.490 e. The molecule has 34 heavy (non-hydrogen) atoms. The van der Waals surface area contributed by atoms with Crippen LogP contribution in [0.25, 0.3) is 0 Å². The van der Waals surface area contributed by atoms with Crippen LogP contribution in [0.15, 0.2) is 29.4 Å². The van der Waals surface area contributed by atoms with Crippen LogP contribution in [0.2, 0.25) is 0 Å². The van der Waals surface area contributed by atoms with Crippen molar-refractivity contribution in [1.82, 2.24) is 5.32 Å². The predicted molar refractivity (Wildman–Crippen MR) is 108 cm³/mol. The van der Waals surface area contributed by atoms with Gasteiger partial charge in [-0.2, -0.15) is 13.2 Å². The summed E-state index contributed by atoms with van der Waals surface area (Å²) in [5, 5.41) is 38.5. The van der Waals surface area contributed by atoms with Gasteiger partial charge in [0.05, 0.1) is 25.0 Å². The molecule has 0 spiro atoms.